The van der Waals surface area contributed by atoms with Crippen molar-refractivity contribution >= 4 is 11.9 Å². The van der Waals surface area contributed by atoms with Crippen molar-refractivity contribution in [3.05, 3.63) is 76.9 Å². The maximum absolute atomic E-state index is 12.1. The Kier molecular flexibility index (Phi) is 5.10. The molecule has 1 heteroatoms. The van der Waals surface area contributed by atoms with Crippen molar-refractivity contribution in [2.45, 2.75) is 33.1 Å². The third kappa shape index (κ3) is 4.16. The maximum Gasteiger partial charge on any atom is 0.185 e. The number of hydrogen-bond donors (Lipinski definition) is 0. The van der Waals surface area contributed by atoms with Crippen LogP contribution in [0.25, 0.3) is 6.08 Å². The fraction of sp³-hybridized carbons (Fsp3) is 0.250. The largest absolute Gasteiger partial charge is 0.289 e. The van der Waals surface area contributed by atoms with E-state index in [1.807, 2.05) is 42.5 Å². The Morgan fingerprint density at radius 2 is 1.62 bits per heavy atom. The first-order valence-corrected chi connectivity index (χ1v) is 7.51. The summed E-state index contributed by atoms with van der Waals surface area (Å²) in [5, 5.41) is 0. The highest BCUT2D eigenvalue weighted by atomic mass is 16.1. The summed E-state index contributed by atoms with van der Waals surface area (Å²) in [6.45, 7) is 6.43. The van der Waals surface area contributed by atoms with Gasteiger partial charge in [-0.25, -0.2) is 0 Å². The molecule has 0 N–H and O–H groups in total. The molecule has 0 aliphatic carbocycles. The van der Waals surface area contributed by atoms with Crippen LogP contribution in [0.4, 0.5) is 0 Å². The van der Waals surface area contributed by atoms with Gasteiger partial charge in [-0.3, -0.25) is 4.79 Å². The number of rotatable bonds is 5. The maximum atomic E-state index is 12.1. The monoisotopic (exact) mass is 278 g/mol. The van der Waals surface area contributed by atoms with E-state index in [0.717, 1.165) is 17.5 Å². The van der Waals surface area contributed by atoms with Gasteiger partial charge in [-0.2, -0.15) is 0 Å². The lowest BCUT2D eigenvalue weighted by atomic mass is 10.00. The summed E-state index contributed by atoms with van der Waals surface area (Å²) < 4.78 is 0. The summed E-state index contributed by atoms with van der Waals surface area (Å²) in [6.07, 6.45) is 4.55. The van der Waals surface area contributed by atoms with Gasteiger partial charge in [0.25, 0.3) is 0 Å². The molecule has 108 valence electrons. The smallest absolute Gasteiger partial charge is 0.185 e. The van der Waals surface area contributed by atoms with Gasteiger partial charge in [0, 0.05) is 5.56 Å². The van der Waals surface area contributed by atoms with E-state index >= 15 is 0 Å². The molecule has 0 unspecified atom stereocenters. The highest BCUT2D eigenvalue weighted by Gasteiger charge is 2.03. The molecule has 2 aromatic rings. The number of allylic oxidation sites excluding steroid dienone is 1. The van der Waals surface area contributed by atoms with Crippen molar-refractivity contribution in [2.24, 2.45) is 0 Å². The van der Waals surface area contributed by atoms with Crippen LogP contribution in [0.15, 0.2) is 54.6 Å². The SMILES string of the molecule is CCc1ccc(/C=C/C(=O)c2ccc(C(C)C)cc2)cc1. The van der Waals surface area contributed by atoms with Crippen LogP contribution in [-0.2, 0) is 6.42 Å². The zero-order valence-corrected chi connectivity index (χ0v) is 13.0. The first kappa shape index (κ1) is 15.2. The second-order valence-electron chi connectivity index (χ2n) is 5.57. The van der Waals surface area contributed by atoms with Gasteiger partial charge in [0.2, 0.25) is 0 Å². The zero-order chi connectivity index (χ0) is 15.2. The molecule has 0 fully saturated rings. The Morgan fingerprint density at radius 1 is 1.00 bits per heavy atom. The summed E-state index contributed by atoms with van der Waals surface area (Å²) in [5.74, 6) is 0.534. The van der Waals surface area contributed by atoms with E-state index in [9.17, 15) is 4.79 Å². The molecule has 0 heterocycles. The molecule has 21 heavy (non-hydrogen) atoms. The molecule has 0 bridgehead atoms. The van der Waals surface area contributed by atoms with E-state index in [2.05, 4.69) is 32.9 Å². The molecule has 2 rings (SSSR count). The molecule has 0 atom stereocenters. The minimum absolute atomic E-state index is 0.0462. The highest BCUT2D eigenvalue weighted by molar-refractivity contribution is 6.06. The van der Waals surface area contributed by atoms with Gasteiger partial charge in [0.15, 0.2) is 5.78 Å². The van der Waals surface area contributed by atoms with Crippen LogP contribution in [-0.4, -0.2) is 5.78 Å². The number of carbonyl (C=O) groups excluding carboxylic acids is 1. The van der Waals surface area contributed by atoms with Gasteiger partial charge < -0.3 is 0 Å². The lowest BCUT2D eigenvalue weighted by Gasteiger charge is -2.05. The third-order valence-corrected chi connectivity index (χ3v) is 3.68. The van der Waals surface area contributed by atoms with Gasteiger partial charge >= 0.3 is 0 Å². The van der Waals surface area contributed by atoms with E-state index in [4.69, 9.17) is 0 Å². The van der Waals surface area contributed by atoms with Crippen LogP contribution >= 0.6 is 0 Å². The molecule has 1 nitrogen and oxygen atoms in total. The van der Waals surface area contributed by atoms with E-state index in [1.54, 1.807) is 6.08 Å². The minimum Gasteiger partial charge on any atom is -0.289 e. The number of ketones is 1. The van der Waals surface area contributed by atoms with Crippen molar-refractivity contribution in [3.63, 3.8) is 0 Å². The van der Waals surface area contributed by atoms with Crippen LogP contribution in [0.3, 0.4) is 0 Å². The second-order valence-corrected chi connectivity index (χ2v) is 5.57. The van der Waals surface area contributed by atoms with Gasteiger partial charge in [-0.1, -0.05) is 75.4 Å². The fourth-order valence-electron chi connectivity index (χ4n) is 2.16. The Hall–Kier alpha value is -2.15. The third-order valence-electron chi connectivity index (χ3n) is 3.68. The van der Waals surface area contributed by atoms with E-state index < -0.39 is 0 Å². The lowest BCUT2D eigenvalue weighted by molar-refractivity contribution is 0.104. The summed E-state index contributed by atoms with van der Waals surface area (Å²) >= 11 is 0. The van der Waals surface area contributed by atoms with Crippen LogP contribution in [0.1, 0.15) is 53.7 Å². The summed E-state index contributed by atoms with van der Waals surface area (Å²) in [5.41, 5.74) is 4.36. The normalized spacial score (nSPS) is 11.2. The zero-order valence-electron chi connectivity index (χ0n) is 13.0. The average Bonchev–Trinajstić information content (AvgIpc) is 2.53. The fourth-order valence-corrected chi connectivity index (χ4v) is 2.16. The van der Waals surface area contributed by atoms with Crippen LogP contribution < -0.4 is 0 Å². The van der Waals surface area contributed by atoms with Gasteiger partial charge in [0.05, 0.1) is 0 Å². The van der Waals surface area contributed by atoms with Crippen molar-refractivity contribution in [1.82, 2.24) is 0 Å². The molecule has 0 saturated carbocycles. The molecule has 0 radical (unpaired) electrons. The lowest BCUT2D eigenvalue weighted by Crippen LogP contribution is -1.95. The predicted octanol–water partition coefficient (Wildman–Crippen LogP) is 5.27. The average molecular weight is 278 g/mol. The molecular formula is C20H22O. The molecular weight excluding hydrogens is 256 g/mol. The molecule has 2 aromatic carbocycles. The Balaban J connectivity index is 2.07. The highest BCUT2D eigenvalue weighted by Crippen LogP contribution is 2.15. The Morgan fingerprint density at radius 3 is 2.14 bits per heavy atom. The van der Waals surface area contributed by atoms with Crippen LogP contribution in [0.2, 0.25) is 0 Å². The van der Waals surface area contributed by atoms with Crippen LogP contribution in [0, 0.1) is 0 Å². The Labute approximate surface area is 127 Å². The number of hydrogen-bond acceptors (Lipinski definition) is 1. The molecule has 0 amide bonds. The molecule has 0 aliphatic heterocycles. The summed E-state index contributed by atoms with van der Waals surface area (Å²) in [6, 6.07) is 16.2. The van der Waals surface area contributed by atoms with Gasteiger partial charge in [-0.15, -0.1) is 0 Å². The second kappa shape index (κ2) is 7.03. The molecule has 0 saturated heterocycles. The summed E-state index contributed by atoms with van der Waals surface area (Å²) in [4.78, 5) is 12.1. The van der Waals surface area contributed by atoms with Gasteiger partial charge in [0.1, 0.15) is 0 Å². The topological polar surface area (TPSA) is 17.1 Å². The quantitative estimate of drug-likeness (QED) is 0.538. The van der Waals surface area contributed by atoms with Crippen molar-refractivity contribution in [1.29, 1.82) is 0 Å². The standard InChI is InChI=1S/C20H22O/c1-4-16-5-7-17(8-6-16)9-14-20(21)19-12-10-18(11-13-19)15(2)3/h5-15H,4H2,1-3H3/b14-9+. The number of benzene rings is 2. The predicted molar refractivity (Wildman–Crippen MR) is 89.7 cm³/mol. The van der Waals surface area contributed by atoms with E-state index in [0.29, 0.717) is 5.92 Å². The van der Waals surface area contributed by atoms with Gasteiger partial charge in [-0.05, 0) is 35.1 Å². The first-order valence-electron chi connectivity index (χ1n) is 7.51. The molecule has 0 aliphatic rings. The molecule has 0 spiro atoms. The first-order chi connectivity index (χ1) is 10.1. The number of carbonyl (C=O) groups is 1. The Bertz CT molecular complexity index is 616. The molecule has 0 aromatic heterocycles. The van der Waals surface area contributed by atoms with Crippen molar-refractivity contribution in [2.75, 3.05) is 0 Å². The van der Waals surface area contributed by atoms with E-state index in [-0.39, 0.29) is 5.78 Å². The van der Waals surface area contributed by atoms with Crippen molar-refractivity contribution < 1.29 is 4.79 Å². The summed E-state index contributed by atoms with van der Waals surface area (Å²) in [7, 11) is 0. The minimum atomic E-state index is 0.0462. The van der Waals surface area contributed by atoms with Crippen LogP contribution in [0.5, 0.6) is 0 Å². The van der Waals surface area contributed by atoms with E-state index in [1.165, 1.54) is 11.1 Å². The van der Waals surface area contributed by atoms with Crippen molar-refractivity contribution in [3.8, 4) is 0 Å². The number of aryl methyl sites for hydroxylation is 1.